The molecule has 4 nitrogen and oxygen atoms in total. The Bertz CT molecular complexity index is 880. The number of carbonyl (C=O) groups excluding carboxylic acids is 1. The molecular formula is C17H13N3O. The smallest absolute Gasteiger partial charge is 0.254 e. The van der Waals surface area contributed by atoms with Crippen LogP contribution in [0.2, 0.25) is 0 Å². The molecule has 1 N–H and O–H groups in total. The van der Waals surface area contributed by atoms with Crippen molar-refractivity contribution >= 4 is 27.6 Å². The van der Waals surface area contributed by atoms with Gasteiger partial charge in [0.05, 0.1) is 17.1 Å². The van der Waals surface area contributed by atoms with E-state index < -0.39 is 6.04 Å². The minimum Gasteiger partial charge on any atom is -0.336 e. The maximum Gasteiger partial charge on any atom is 0.254 e. The van der Waals surface area contributed by atoms with Crippen molar-refractivity contribution in [2.75, 3.05) is 0 Å². The monoisotopic (exact) mass is 275 g/mol. The summed E-state index contributed by atoms with van der Waals surface area (Å²) in [6.07, 6.45) is 1.67. The molecule has 0 saturated carbocycles. The van der Waals surface area contributed by atoms with Gasteiger partial charge in [-0.3, -0.25) is 9.78 Å². The summed E-state index contributed by atoms with van der Waals surface area (Å²) < 4.78 is 0. The normalized spacial score (nSPS) is 12.0. The third-order valence-corrected chi connectivity index (χ3v) is 3.40. The lowest BCUT2D eigenvalue weighted by Crippen LogP contribution is -2.31. The van der Waals surface area contributed by atoms with Crippen LogP contribution in [-0.2, 0) is 0 Å². The third kappa shape index (κ3) is 2.30. The van der Waals surface area contributed by atoms with Gasteiger partial charge in [0.15, 0.2) is 0 Å². The Morgan fingerprint density at radius 2 is 2.00 bits per heavy atom. The van der Waals surface area contributed by atoms with E-state index in [1.165, 1.54) is 0 Å². The summed E-state index contributed by atoms with van der Waals surface area (Å²) >= 11 is 0. The molecule has 102 valence electrons. The predicted octanol–water partition coefficient (Wildman–Crippen LogP) is 3.03. The molecular weight excluding hydrogens is 262 g/mol. The molecule has 0 fully saturated rings. The van der Waals surface area contributed by atoms with Crippen LogP contribution in [0.4, 0.5) is 0 Å². The summed E-state index contributed by atoms with van der Waals surface area (Å²) in [5.74, 6) is -0.279. The molecule has 0 radical (unpaired) electrons. The van der Waals surface area contributed by atoms with Crippen molar-refractivity contribution in [3.05, 3.63) is 54.2 Å². The molecule has 0 aliphatic rings. The van der Waals surface area contributed by atoms with Gasteiger partial charge in [-0.1, -0.05) is 30.3 Å². The van der Waals surface area contributed by atoms with Crippen molar-refractivity contribution in [2.45, 2.75) is 13.0 Å². The summed E-state index contributed by atoms with van der Waals surface area (Å²) in [6.45, 7) is 1.65. The fraction of sp³-hybridized carbons (Fsp3) is 0.118. The number of nitrogens with one attached hydrogen (secondary N) is 1. The number of hydrogen-bond acceptors (Lipinski definition) is 3. The minimum atomic E-state index is -0.539. The van der Waals surface area contributed by atoms with Gasteiger partial charge in [-0.25, -0.2) is 0 Å². The summed E-state index contributed by atoms with van der Waals surface area (Å²) in [5.41, 5.74) is 1.14. The molecule has 0 aliphatic carbocycles. The number of aromatic nitrogens is 1. The van der Waals surface area contributed by atoms with Crippen LogP contribution in [0.1, 0.15) is 17.3 Å². The van der Waals surface area contributed by atoms with Crippen LogP contribution in [0, 0.1) is 11.3 Å². The van der Waals surface area contributed by atoms with Crippen molar-refractivity contribution in [2.24, 2.45) is 0 Å². The maximum atomic E-state index is 12.4. The number of amides is 1. The highest BCUT2D eigenvalue weighted by molar-refractivity contribution is 6.15. The molecule has 1 aromatic heterocycles. The fourth-order valence-electron chi connectivity index (χ4n) is 2.41. The zero-order chi connectivity index (χ0) is 14.8. The van der Waals surface area contributed by atoms with Gasteiger partial charge < -0.3 is 5.32 Å². The molecule has 21 heavy (non-hydrogen) atoms. The van der Waals surface area contributed by atoms with E-state index >= 15 is 0 Å². The highest BCUT2D eigenvalue weighted by Gasteiger charge is 2.15. The summed E-state index contributed by atoms with van der Waals surface area (Å²) in [7, 11) is 0. The molecule has 1 heterocycles. The topological polar surface area (TPSA) is 65.8 Å². The SMILES string of the molecule is C[C@H](C#N)NC(=O)c1cc2ccccc2c2cccnc12. The van der Waals surface area contributed by atoms with Crippen LogP contribution < -0.4 is 5.32 Å². The van der Waals surface area contributed by atoms with E-state index in [2.05, 4.69) is 10.3 Å². The molecule has 0 bridgehead atoms. The molecule has 0 saturated heterocycles. The quantitative estimate of drug-likeness (QED) is 0.731. The third-order valence-electron chi connectivity index (χ3n) is 3.40. The van der Waals surface area contributed by atoms with Crippen LogP contribution in [0.3, 0.4) is 0 Å². The number of fused-ring (bicyclic) bond motifs is 3. The first-order valence-electron chi connectivity index (χ1n) is 6.67. The first kappa shape index (κ1) is 13.1. The fourth-order valence-corrected chi connectivity index (χ4v) is 2.41. The molecule has 3 aromatic rings. The van der Waals surface area contributed by atoms with Gasteiger partial charge in [-0.2, -0.15) is 5.26 Å². The molecule has 0 spiro atoms. The van der Waals surface area contributed by atoms with Gasteiger partial charge in [0.1, 0.15) is 6.04 Å². The maximum absolute atomic E-state index is 12.4. The van der Waals surface area contributed by atoms with Crippen LogP contribution in [-0.4, -0.2) is 16.9 Å². The van der Waals surface area contributed by atoms with Gasteiger partial charge >= 0.3 is 0 Å². The van der Waals surface area contributed by atoms with E-state index in [-0.39, 0.29) is 5.91 Å². The summed E-state index contributed by atoms with van der Waals surface area (Å²) in [6, 6.07) is 15.0. The van der Waals surface area contributed by atoms with Crippen LogP contribution >= 0.6 is 0 Å². The van der Waals surface area contributed by atoms with E-state index in [0.29, 0.717) is 11.1 Å². The van der Waals surface area contributed by atoms with E-state index in [9.17, 15) is 4.79 Å². The molecule has 3 rings (SSSR count). The number of rotatable bonds is 2. The van der Waals surface area contributed by atoms with Crippen molar-refractivity contribution < 1.29 is 4.79 Å². The average molecular weight is 275 g/mol. The second-order valence-electron chi connectivity index (χ2n) is 4.87. The number of benzene rings is 2. The van der Waals surface area contributed by atoms with E-state index in [1.807, 2.05) is 48.5 Å². The van der Waals surface area contributed by atoms with Crippen LogP contribution in [0.15, 0.2) is 48.7 Å². The Kier molecular flexibility index (Phi) is 3.25. The molecule has 0 unspecified atom stereocenters. The Morgan fingerprint density at radius 1 is 1.24 bits per heavy atom. The first-order chi connectivity index (χ1) is 10.2. The Morgan fingerprint density at radius 3 is 2.81 bits per heavy atom. The lowest BCUT2D eigenvalue weighted by molar-refractivity contribution is 0.0949. The minimum absolute atomic E-state index is 0.279. The second-order valence-corrected chi connectivity index (χ2v) is 4.87. The van der Waals surface area contributed by atoms with E-state index in [0.717, 1.165) is 16.2 Å². The Balaban J connectivity index is 2.26. The highest BCUT2D eigenvalue weighted by atomic mass is 16.1. The van der Waals surface area contributed by atoms with Crippen molar-refractivity contribution in [3.63, 3.8) is 0 Å². The summed E-state index contributed by atoms with van der Waals surface area (Å²) in [4.78, 5) is 16.7. The molecule has 1 atom stereocenters. The molecule has 1 amide bonds. The van der Waals surface area contributed by atoms with Gasteiger partial charge in [0.25, 0.3) is 5.91 Å². The highest BCUT2D eigenvalue weighted by Crippen LogP contribution is 2.27. The largest absolute Gasteiger partial charge is 0.336 e. The zero-order valence-corrected chi connectivity index (χ0v) is 11.5. The lowest BCUT2D eigenvalue weighted by Gasteiger charge is -2.11. The Labute approximate surface area is 122 Å². The van der Waals surface area contributed by atoms with Crippen molar-refractivity contribution in [1.82, 2.24) is 10.3 Å². The predicted molar refractivity (Wildman–Crippen MR) is 81.8 cm³/mol. The average Bonchev–Trinajstić information content (AvgIpc) is 2.53. The van der Waals surface area contributed by atoms with Gasteiger partial charge in [0.2, 0.25) is 0 Å². The Hall–Kier alpha value is -2.93. The number of nitriles is 1. The van der Waals surface area contributed by atoms with E-state index in [4.69, 9.17) is 5.26 Å². The van der Waals surface area contributed by atoms with Crippen molar-refractivity contribution in [3.8, 4) is 6.07 Å². The lowest BCUT2D eigenvalue weighted by atomic mass is 10.0. The molecule has 4 heteroatoms. The van der Waals surface area contributed by atoms with Gasteiger partial charge in [-0.15, -0.1) is 0 Å². The van der Waals surface area contributed by atoms with Crippen molar-refractivity contribution in [1.29, 1.82) is 5.26 Å². The number of hydrogen-bond donors (Lipinski definition) is 1. The van der Waals surface area contributed by atoms with Gasteiger partial charge in [-0.05, 0) is 29.8 Å². The first-order valence-corrected chi connectivity index (χ1v) is 6.67. The van der Waals surface area contributed by atoms with E-state index in [1.54, 1.807) is 13.1 Å². The van der Waals surface area contributed by atoms with Gasteiger partial charge in [0, 0.05) is 11.6 Å². The standard InChI is InChI=1S/C17H13N3O/c1-11(10-18)20-17(21)15-9-12-5-2-3-6-13(12)14-7-4-8-19-16(14)15/h2-9,11H,1H3,(H,20,21)/t11-/m1/s1. The molecule has 0 aliphatic heterocycles. The summed E-state index contributed by atoms with van der Waals surface area (Å²) in [5, 5.41) is 14.5. The number of pyridine rings is 1. The molecule has 2 aromatic carbocycles. The van der Waals surface area contributed by atoms with Crippen LogP contribution in [0.25, 0.3) is 21.7 Å². The second kappa shape index (κ2) is 5.22. The zero-order valence-electron chi connectivity index (χ0n) is 11.5. The number of nitrogens with zero attached hydrogens (tertiary/aromatic N) is 2. The van der Waals surface area contributed by atoms with Crippen LogP contribution in [0.5, 0.6) is 0 Å². The number of carbonyl (C=O) groups is 1.